The smallest absolute Gasteiger partial charge is 0.247 e. The van der Waals surface area contributed by atoms with Crippen molar-refractivity contribution in [2.45, 2.75) is 31.7 Å². The highest BCUT2D eigenvalue weighted by atomic mass is 16.5. The molecule has 1 unspecified atom stereocenters. The summed E-state index contributed by atoms with van der Waals surface area (Å²) in [6, 6.07) is 1.76. The maximum absolute atomic E-state index is 12.6. The average Bonchev–Trinajstić information content (AvgIpc) is 3.12. The molecular weight excluding hydrogens is 282 g/mol. The standard InChI is InChI=1S/C15H19N5O2/c1-19-12(8-9-17-19)6-7-14(21)20-10-4-2-3-5-13(20)15-16-11-22-18-15/h6-9,11,13H,2-5,10H2,1H3. The molecule has 0 aliphatic carbocycles. The summed E-state index contributed by atoms with van der Waals surface area (Å²) in [5.74, 6) is 0.557. The Balaban J connectivity index is 1.78. The Morgan fingerprint density at radius 2 is 2.32 bits per heavy atom. The van der Waals surface area contributed by atoms with Gasteiger partial charge in [-0.1, -0.05) is 18.0 Å². The highest BCUT2D eigenvalue weighted by molar-refractivity contribution is 5.91. The van der Waals surface area contributed by atoms with Crippen LogP contribution < -0.4 is 0 Å². The minimum absolute atomic E-state index is 0.0297. The maximum Gasteiger partial charge on any atom is 0.247 e. The predicted octanol–water partition coefficient (Wildman–Crippen LogP) is 1.96. The molecule has 1 amide bonds. The first-order valence-electron chi connectivity index (χ1n) is 7.48. The third-order valence-corrected chi connectivity index (χ3v) is 3.97. The highest BCUT2D eigenvalue weighted by Gasteiger charge is 2.28. The van der Waals surface area contributed by atoms with E-state index >= 15 is 0 Å². The number of carbonyl (C=O) groups excluding carboxylic acids is 1. The van der Waals surface area contributed by atoms with Gasteiger partial charge in [0.2, 0.25) is 12.3 Å². The number of hydrogen-bond acceptors (Lipinski definition) is 5. The van der Waals surface area contributed by atoms with Crippen LogP contribution in [0.1, 0.15) is 43.2 Å². The number of rotatable bonds is 3. The zero-order chi connectivity index (χ0) is 15.4. The second-order valence-electron chi connectivity index (χ2n) is 5.40. The van der Waals surface area contributed by atoms with E-state index in [2.05, 4.69) is 15.2 Å². The Kier molecular flexibility index (Phi) is 4.32. The first kappa shape index (κ1) is 14.5. The van der Waals surface area contributed by atoms with Gasteiger partial charge >= 0.3 is 0 Å². The lowest BCUT2D eigenvalue weighted by molar-refractivity contribution is -0.128. The van der Waals surface area contributed by atoms with Gasteiger partial charge in [0.05, 0.1) is 11.7 Å². The normalized spacial score (nSPS) is 19.5. The topological polar surface area (TPSA) is 77.0 Å². The Labute approximate surface area is 128 Å². The highest BCUT2D eigenvalue weighted by Crippen LogP contribution is 2.28. The predicted molar refractivity (Wildman–Crippen MR) is 79.5 cm³/mol. The summed E-state index contributed by atoms with van der Waals surface area (Å²) in [5.41, 5.74) is 0.888. The molecule has 0 aromatic carbocycles. The minimum Gasteiger partial charge on any atom is -0.343 e. The van der Waals surface area contributed by atoms with Crippen LogP contribution in [0.3, 0.4) is 0 Å². The Hall–Kier alpha value is -2.44. The van der Waals surface area contributed by atoms with Gasteiger partial charge in [-0.05, 0) is 25.0 Å². The van der Waals surface area contributed by atoms with Gasteiger partial charge in [-0.15, -0.1) is 0 Å². The van der Waals surface area contributed by atoms with E-state index in [4.69, 9.17) is 4.52 Å². The molecule has 0 radical (unpaired) electrons. The van der Waals surface area contributed by atoms with Crippen LogP contribution >= 0.6 is 0 Å². The second-order valence-corrected chi connectivity index (χ2v) is 5.40. The first-order chi connectivity index (χ1) is 10.8. The monoisotopic (exact) mass is 301 g/mol. The van der Waals surface area contributed by atoms with Gasteiger partial charge in [-0.2, -0.15) is 10.1 Å². The molecule has 1 saturated heterocycles. The molecule has 116 valence electrons. The fourth-order valence-electron chi connectivity index (χ4n) is 2.77. The van der Waals surface area contributed by atoms with E-state index in [0.29, 0.717) is 12.4 Å². The van der Waals surface area contributed by atoms with Crippen LogP contribution in [-0.2, 0) is 11.8 Å². The Bertz CT molecular complexity index is 647. The fourth-order valence-corrected chi connectivity index (χ4v) is 2.77. The van der Waals surface area contributed by atoms with Crippen LogP contribution in [0.2, 0.25) is 0 Å². The molecule has 2 aromatic rings. The number of carbonyl (C=O) groups is 1. The molecule has 0 N–H and O–H groups in total. The van der Waals surface area contributed by atoms with Crippen molar-refractivity contribution in [3.8, 4) is 0 Å². The number of nitrogens with zero attached hydrogens (tertiary/aromatic N) is 5. The van der Waals surface area contributed by atoms with Crippen molar-refractivity contribution < 1.29 is 9.32 Å². The van der Waals surface area contributed by atoms with E-state index in [-0.39, 0.29) is 11.9 Å². The number of aromatic nitrogens is 4. The van der Waals surface area contributed by atoms with Gasteiger partial charge in [0.15, 0.2) is 5.82 Å². The lowest BCUT2D eigenvalue weighted by atomic mass is 10.1. The number of aryl methyl sites for hydroxylation is 1. The van der Waals surface area contributed by atoms with Gasteiger partial charge in [0.1, 0.15) is 0 Å². The quantitative estimate of drug-likeness (QED) is 0.810. The zero-order valence-electron chi connectivity index (χ0n) is 12.6. The summed E-state index contributed by atoms with van der Waals surface area (Å²) in [5, 5.41) is 8.01. The molecule has 7 nitrogen and oxygen atoms in total. The van der Waals surface area contributed by atoms with Crippen LogP contribution in [0, 0.1) is 0 Å². The molecule has 0 bridgehead atoms. The van der Waals surface area contributed by atoms with Gasteiger partial charge in [0, 0.05) is 25.9 Å². The van der Waals surface area contributed by atoms with Crippen molar-refractivity contribution in [2.75, 3.05) is 6.54 Å². The lowest BCUT2D eigenvalue weighted by Gasteiger charge is -2.26. The van der Waals surface area contributed by atoms with Crippen LogP contribution in [0.4, 0.5) is 0 Å². The van der Waals surface area contributed by atoms with E-state index < -0.39 is 0 Å². The number of likely N-dealkylation sites (tertiary alicyclic amines) is 1. The van der Waals surface area contributed by atoms with E-state index in [9.17, 15) is 4.79 Å². The third-order valence-electron chi connectivity index (χ3n) is 3.97. The van der Waals surface area contributed by atoms with E-state index in [1.54, 1.807) is 23.0 Å². The van der Waals surface area contributed by atoms with Crippen molar-refractivity contribution in [1.82, 2.24) is 24.8 Å². The molecule has 2 aromatic heterocycles. The molecule has 22 heavy (non-hydrogen) atoms. The third kappa shape index (κ3) is 3.08. The van der Waals surface area contributed by atoms with Crippen molar-refractivity contribution in [1.29, 1.82) is 0 Å². The largest absolute Gasteiger partial charge is 0.343 e. The molecular formula is C15H19N5O2. The molecule has 1 aliphatic rings. The van der Waals surface area contributed by atoms with Gasteiger partial charge in [-0.3, -0.25) is 9.48 Å². The Morgan fingerprint density at radius 3 is 3.05 bits per heavy atom. The van der Waals surface area contributed by atoms with Crippen LogP contribution in [0.25, 0.3) is 6.08 Å². The van der Waals surface area contributed by atoms with E-state index in [0.717, 1.165) is 31.4 Å². The number of hydrogen-bond donors (Lipinski definition) is 0. The van der Waals surface area contributed by atoms with Crippen molar-refractivity contribution >= 4 is 12.0 Å². The molecule has 1 aliphatic heterocycles. The molecule has 0 spiro atoms. The van der Waals surface area contributed by atoms with Crippen molar-refractivity contribution in [2.24, 2.45) is 7.05 Å². The van der Waals surface area contributed by atoms with Crippen LogP contribution in [0.5, 0.6) is 0 Å². The van der Waals surface area contributed by atoms with E-state index in [1.165, 1.54) is 6.39 Å². The molecule has 1 fully saturated rings. The lowest BCUT2D eigenvalue weighted by Crippen LogP contribution is -2.34. The van der Waals surface area contributed by atoms with Gasteiger partial charge in [-0.25, -0.2) is 0 Å². The van der Waals surface area contributed by atoms with Crippen molar-refractivity contribution in [3.63, 3.8) is 0 Å². The molecule has 0 saturated carbocycles. The average molecular weight is 301 g/mol. The summed E-state index contributed by atoms with van der Waals surface area (Å²) in [7, 11) is 1.85. The second kappa shape index (κ2) is 6.55. The summed E-state index contributed by atoms with van der Waals surface area (Å²) in [6.45, 7) is 0.716. The molecule has 1 atom stereocenters. The van der Waals surface area contributed by atoms with Gasteiger partial charge < -0.3 is 9.42 Å². The summed E-state index contributed by atoms with van der Waals surface area (Å²) >= 11 is 0. The van der Waals surface area contributed by atoms with Crippen LogP contribution in [-0.4, -0.2) is 37.3 Å². The zero-order valence-corrected chi connectivity index (χ0v) is 12.6. The number of amides is 1. The molecule has 7 heteroatoms. The van der Waals surface area contributed by atoms with Crippen molar-refractivity contribution in [3.05, 3.63) is 36.3 Å². The SMILES string of the molecule is Cn1nccc1C=CC(=O)N1CCCCCC1c1ncon1. The molecule has 3 rings (SSSR count). The first-order valence-corrected chi connectivity index (χ1v) is 7.48. The minimum atomic E-state index is -0.107. The maximum atomic E-state index is 12.6. The summed E-state index contributed by atoms with van der Waals surface area (Å²) in [4.78, 5) is 18.6. The van der Waals surface area contributed by atoms with Gasteiger partial charge in [0.25, 0.3) is 0 Å². The fraction of sp³-hybridized carbons (Fsp3) is 0.467. The van der Waals surface area contributed by atoms with E-state index in [1.807, 2.05) is 18.0 Å². The Morgan fingerprint density at radius 1 is 1.41 bits per heavy atom. The summed E-state index contributed by atoms with van der Waals surface area (Å²) in [6.07, 6.45) is 10.4. The summed E-state index contributed by atoms with van der Waals surface area (Å²) < 4.78 is 6.57. The van der Waals surface area contributed by atoms with Crippen LogP contribution in [0.15, 0.2) is 29.3 Å². The molecule has 3 heterocycles.